The van der Waals surface area contributed by atoms with Crippen LogP contribution >= 0.6 is 11.6 Å². The largest absolute Gasteiger partial charge is 0.378 e. The first kappa shape index (κ1) is 20.7. The maximum Gasteiger partial charge on any atom is 0.288 e. The number of benzene rings is 3. The lowest BCUT2D eigenvalue weighted by atomic mass is 9.85. The smallest absolute Gasteiger partial charge is 0.288 e. The Morgan fingerprint density at radius 2 is 1.17 bits per heavy atom. The summed E-state index contributed by atoms with van der Waals surface area (Å²) < 4.78 is 0. The van der Waals surface area contributed by atoms with Crippen LogP contribution in [0.4, 0.5) is 17.1 Å². The van der Waals surface area contributed by atoms with Crippen LogP contribution in [0.25, 0.3) is 0 Å². The molecular weight excluding hydrogens is 386 g/mol. The fourth-order valence-electron chi connectivity index (χ4n) is 3.36. The zero-order valence-corrected chi connectivity index (χ0v) is 17.7. The number of hydrogen-bond acceptors (Lipinski definition) is 4. The average Bonchev–Trinajstić information content (AvgIpc) is 2.70. The number of hydrogen-bond donors (Lipinski definition) is 0. The van der Waals surface area contributed by atoms with Gasteiger partial charge < -0.3 is 9.80 Å². The van der Waals surface area contributed by atoms with Crippen LogP contribution in [0.5, 0.6) is 0 Å². The summed E-state index contributed by atoms with van der Waals surface area (Å²) in [6, 6.07) is 21.5. The molecule has 29 heavy (non-hydrogen) atoms. The molecule has 0 radical (unpaired) electrons. The van der Waals surface area contributed by atoms with E-state index in [4.69, 9.17) is 11.6 Å². The average molecular weight is 410 g/mol. The fourth-order valence-corrected chi connectivity index (χ4v) is 3.54. The van der Waals surface area contributed by atoms with Gasteiger partial charge in [0.15, 0.2) is 0 Å². The lowest BCUT2D eigenvalue weighted by Crippen LogP contribution is -2.10. The Morgan fingerprint density at radius 1 is 0.759 bits per heavy atom. The van der Waals surface area contributed by atoms with Crippen LogP contribution in [-0.4, -0.2) is 33.1 Å². The molecule has 0 aromatic heterocycles. The van der Waals surface area contributed by atoms with Crippen LogP contribution in [-0.2, 0) is 0 Å². The molecule has 0 spiro atoms. The van der Waals surface area contributed by atoms with Crippen LogP contribution in [0.15, 0.2) is 66.7 Å². The van der Waals surface area contributed by atoms with Crippen molar-refractivity contribution in [2.24, 2.45) is 0 Å². The molecule has 0 aliphatic rings. The molecular formula is C23H24ClN3O2. The first-order chi connectivity index (χ1) is 13.8. The summed E-state index contributed by atoms with van der Waals surface area (Å²) in [5.41, 5.74) is 5.06. The van der Waals surface area contributed by atoms with Gasteiger partial charge in [-0.25, -0.2) is 0 Å². The van der Waals surface area contributed by atoms with Crippen molar-refractivity contribution >= 4 is 28.7 Å². The Hall–Kier alpha value is -3.05. The molecule has 0 N–H and O–H groups in total. The van der Waals surface area contributed by atoms with Gasteiger partial charge >= 0.3 is 0 Å². The summed E-state index contributed by atoms with van der Waals surface area (Å²) in [6.45, 7) is 0. The predicted molar refractivity (Wildman–Crippen MR) is 121 cm³/mol. The van der Waals surface area contributed by atoms with E-state index in [1.165, 1.54) is 0 Å². The number of anilines is 2. The van der Waals surface area contributed by atoms with Gasteiger partial charge in [0.1, 0.15) is 5.02 Å². The summed E-state index contributed by atoms with van der Waals surface area (Å²) in [5, 5.41) is 11.6. The Bertz CT molecular complexity index is 948. The van der Waals surface area contributed by atoms with Crippen LogP contribution in [0.1, 0.15) is 22.6 Å². The van der Waals surface area contributed by atoms with E-state index in [-0.39, 0.29) is 16.6 Å². The van der Waals surface area contributed by atoms with E-state index >= 15 is 0 Å². The minimum Gasteiger partial charge on any atom is -0.378 e. The molecule has 0 atom stereocenters. The molecule has 0 aliphatic heterocycles. The van der Waals surface area contributed by atoms with E-state index < -0.39 is 4.92 Å². The minimum absolute atomic E-state index is 0.0796. The van der Waals surface area contributed by atoms with E-state index in [0.717, 1.165) is 28.1 Å². The first-order valence-electron chi connectivity index (χ1n) is 9.26. The number of halogens is 1. The molecule has 150 valence electrons. The van der Waals surface area contributed by atoms with Crippen molar-refractivity contribution in [1.82, 2.24) is 0 Å². The van der Waals surface area contributed by atoms with Crippen LogP contribution in [0.2, 0.25) is 5.02 Å². The molecule has 3 rings (SSSR count). The number of nitro benzene ring substituents is 1. The number of rotatable bonds is 6. The van der Waals surface area contributed by atoms with Crippen molar-refractivity contribution in [2.75, 3.05) is 38.0 Å². The van der Waals surface area contributed by atoms with Crippen molar-refractivity contribution in [3.8, 4) is 0 Å². The second kappa shape index (κ2) is 8.53. The molecule has 3 aromatic rings. The first-order valence-corrected chi connectivity index (χ1v) is 9.64. The highest BCUT2D eigenvalue weighted by Gasteiger charge is 2.21. The van der Waals surface area contributed by atoms with Gasteiger partial charge in [0.2, 0.25) is 0 Å². The fraction of sp³-hybridized carbons (Fsp3) is 0.217. The zero-order valence-electron chi connectivity index (χ0n) is 17.0. The summed E-state index contributed by atoms with van der Waals surface area (Å²) in [5.74, 6) is -0.140. The maximum absolute atomic E-state index is 11.4. The summed E-state index contributed by atoms with van der Waals surface area (Å²) in [6.07, 6.45) is 0. The monoisotopic (exact) mass is 409 g/mol. The van der Waals surface area contributed by atoms with Crippen LogP contribution in [0, 0.1) is 10.1 Å². The summed E-state index contributed by atoms with van der Waals surface area (Å²) in [4.78, 5) is 15.1. The van der Waals surface area contributed by atoms with Gasteiger partial charge in [-0.2, -0.15) is 0 Å². The van der Waals surface area contributed by atoms with Crippen molar-refractivity contribution in [1.29, 1.82) is 0 Å². The third kappa shape index (κ3) is 4.51. The Balaban J connectivity index is 2.13. The van der Waals surface area contributed by atoms with Crippen molar-refractivity contribution in [3.63, 3.8) is 0 Å². The van der Waals surface area contributed by atoms with E-state index in [1.54, 1.807) is 12.1 Å². The lowest BCUT2D eigenvalue weighted by molar-refractivity contribution is -0.384. The van der Waals surface area contributed by atoms with E-state index in [2.05, 4.69) is 48.5 Å². The molecule has 0 aliphatic carbocycles. The lowest BCUT2D eigenvalue weighted by Gasteiger charge is -2.21. The van der Waals surface area contributed by atoms with Gasteiger partial charge in [-0.05, 0) is 47.0 Å². The van der Waals surface area contributed by atoms with Crippen LogP contribution in [0.3, 0.4) is 0 Å². The van der Waals surface area contributed by atoms with Gasteiger partial charge in [0.05, 0.1) is 4.92 Å². The molecule has 0 fully saturated rings. The molecule has 0 bridgehead atoms. The molecule has 3 aromatic carbocycles. The summed E-state index contributed by atoms with van der Waals surface area (Å²) >= 11 is 6.05. The highest BCUT2D eigenvalue weighted by Crippen LogP contribution is 2.37. The predicted octanol–water partition coefficient (Wildman–Crippen LogP) is 5.56. The second-order valence-corrected chi connectivity index (χ2v) is 7.78. The van der Waals surface area contributed by atoms with Gasteiger partial charge in [-0.1, -0.05) is 41.9 Å². The zero-order chi connectivity index (χ0) is 21.1. The highest BCUT2D eigenvalue weighted by atomic mass is 35.5. The summed E-state index contributed by atoms with van der Waals surface area (Å²) in [7, 11) is 7.98. The van der Waals surface area contributed by atoms with E-state index in [0.29, 0.717) is 0 Å². The third-order valence-electron chi connectivity index (χ3n) is 4.99. The second-order valence-electron chi connectivity index (χ2n) is 7.37. The highest BCUT2D eigenvalue weighted by molar-refractivity contribution is 6.32. The Kier molecular flexibility index (Phi) is 6.09. The molecule has 0 saturated carbocycles. The van der Waals surface area contributed by atoms with Crippen LogP contribution < -0.4 is 9.80 Å². The quantitative estimate of drug-likeness (QED) is 0.304. The van der Waals surface area contributed by atoms with Crippen molar-refractivity contribution in [3.05, 3.63) is 98.6 Å². The van der Waals surface area contributed by atoms with Crippen molar-refractivity contribution < 1.29 is 4.92 Å². The van der Waals surface area contributed by atoms with Gasteiger partial charge in [0.25, 0.3) is 5.69 Å². The molecule has 0 saturated heterocycles. The van der Waals surface area contributed by atoms with Gasteiger partial charge in [0, 0.05) is 51.5 Å². The minimum atomic E-state index is -0.437. The molecule has 5 nitrogen and oxygen atoms in total. The maximum atomic E-state index is 11.4. The standard InChI is InChI=1S/C23H24ClN3O2/c1-25(2)19-10-5-16(6-11-19)23(17-7-12-20(13-8-17)26(3)4)18-9-14-21(24)22(15-18)27(28)29/h5-15,23H,1-4H3. The Labute approximate surface area is 176 Å². The van der Waals surface area contributed by atoms with E-state index in [9.17, 15) is 10.1 Å². The van der Waals surface area contributed by atoms with Crippen molar-refractivity contribution in [2.45, 2.75) is 5.92 Å². The van der Waals surface area contributed by atoms with E-state index in [1.807, 2.05) is 44.1 Å². The molecule has 6 heteroatoms. The topological polar surface area (TPSA) is 49.6 Å². The number of nitro groups is 1. The number of nitrogens with zero attached hydrogens (tertiary/aromatic N) is 3. The normalized spacial score (nSPS) is 10.8. The Morgan fingerprint density at radius 3 is 1.55 bits per heavy atom. The SMILES string of the molecule is CN(C)c1ccc(C(c2ccc(N(C)C)cc2)c2ccc(Cl)c([N+](=O)[O-])c2)cc1. The molecule has 0 heterocycles. The van der Waals surface area contributed by atoms with Gasteiger partial charge in [-0.3, -0.25) is 10.1 Å². The third-order valence-corrected chi connectivity index (χ3v) is 5.31. The van der Waals surface area contributed by atoms with Gasteiger partial charge in [-0.15, -0.1) is 0 Å². The molecule has 0 unspecified atom stereocenters. The molecule has 0 amide bonds.